The van der Waals surface area contributed by atoms with E-state index in [1.54, 1.807) is 12.1 Å². The van der Waals surface area contributed by atoms with E-state index >= 15 is 0 Å². The molecule has 0 aliphatic rings. The van der Waals surface area contributed by atoms with Crippen molar-refractivity contribution in [1.29, 1.82) is 0 Å². The molecule has 1 unspecified atom stereocenters. The molecule has 2 rings (SSSR count). The Morgan fingerprint density at radius 3 is 2.18 bits per heavy atom. The summed E-state index contributed by atoms with van der Waals surface area (Å²) in [6.45, 7) is 3.33. The molecule has 0 saturated heterocycles. The molecule has 0 aliphatic carbocycles. The minimum absolute atomic E-state index is 0.00878. The van der Waals surface area contributed by atoms with Gasteiger partial charge in [-0.15, -0.1) is 0 Å². The molecule has 1 atom stereocenters. The van der Waals surface area contributed by atoms with Gasteiger partial charge >= 0.3 is 0 Å². The summed E-state index contributed by atoms with van der Waals surface area (Å²) in [6, 6.07) is 12.7. The summed E-state index contributed by atoms with van der Waals surface area (Å²) >= 11 is 5.88. The molecule has 0 aromatic heterocycles. The van der Waals surface area contributed by atoms with E-state index in [-0.39, 0.29) is 35.6 Å². The normalized spacial score (nSPS) is 12.4. The first-order valence-corrected chi connectivity index (χ1v) is 10.7. The minimum atomic E-state index is -3.75. The van der Waals surface area contributed by atoms with E-state index in [1.165, 1.54) is 31.2 Å². The van der Waals surface area contributed by atoms with E-state index in [9.17, 15) is 18.0 Å². The van der Waals surface area contributed by atoms with E-state index in [0.29, 0.717) is 17.0 Å². The molecular formula is C20H23ClN2O4S. The smallest absolute Gasteiger partial charge is 0.240 e. The monoisotopic (exact) mass is 422 g/mol. The second-order valence-corrected chi connectivity index (χ2v) is 8.51. The Balaban J connectivity index is 1.89. The van der Waals surface area contributed by atoms with Crippen LogP contribution in [-0.2, 0) is 14.8 Å². The fourth-order valence-electron chi connectivity index (χ4n) is 2.63. The average Bonchev–Trinajstić information content (AvgIpc) is 2.67. The van der Waals surface area contributed by atoms with Crippen molar-refractivity contribution in [2.45, 2.75) is 37.6 Å². The van der Waals surface area contributed by atoms with Gasteiger partial charge in [0.2, 0.25) is 15.9 Å². The first-order chi connectivity index (χ1) is 13.2. The van der Waals surface area contributed by atoms with Crippen LogP contribution in [-0.4, -0.2) is 26.7 Å². The SMILES string of the molecule is CCC(NC(=O)CCNS(=O)(=O)c1ccc(C(C)=O)cc1)c1ccc(Cl)cc1. The summed E-state index contributed by atoms with van der Waals surface area (Å²) in [7, 11) is -3.75. The third-order valence-corrected chi connectivity index (χ3v) is 5.96. The molecule has 0 saturated carbocycles. The van der Waals surface area contributed by atoms with Gasteiger partial charge in [-0.2, -0.15) is 0 Å². The molecule has 0 bridgehead atoms. The third-order valence-electron chi connectivity index (χ3n) is 4.23. The molecule has 150 valence electrons. The summed E-state index contributed by atoms with van der Waals surface area (Å²) in [6.07, 6.45) is 0.705. The van der Waals surface area contributed by atoms with Crippen LogP contribution in [0.5, 0.6) is 0 Å². The standard InChI is InChI=1S/C20H23ClN2O4S/c1-3-19(16-4-8-17(21)9-5-16)23-20(25)12-13-22-28(26,27)18-10-6-15(7-11-18)14(2)24/h4-11,19,22H,3,12-13H2,1-2H3,(H,23,25). The highest BCUT2D eigenvalue weighted by Crippen LogP contribution is 2.19. The molecule has 0 radical (unpaired) electrons. The molecule has 8 heteroatoms. The number of hydrogen-bond donors (Lipinski definition) is 2. The molecule has 6 nitrogen and oxygen atoms in total. The van der Waals surface area contributed by atoms with Gasteiger partial charge in [-0.05, 0) is 43.2 Å². The van der Waals surface area contributed by atoms with E-state index in [1.807, 2.05) is 19.1 Å². The highest BCUT2D eigenvalue weighted by Gasteiger charge is 2.16. The van der Waals surface area contributed by atoms with Gasteiger partial charge in [0.1, 0.15) is 0 Å². The quantitative estimate of drug-likeness (QED) is 0.605. The lowest BCUT2D eigenvalue weighted by atomic mass is 10.0. The van der Waals surface area contributed by atoms with Crippen LogP contribution in [0.1, 0.15) is 48.7 Å². The van der Waals surface area contributed by atoms with Crippen molar-refractivity contribution in [1.82, 2.24) is 10.0 Å². The molecule has 0 fully saturated rings. The summed E-state index contributed by atoms with van der Waals surface area (Å²) in [5.41, 5.74) is 1.37. The second-order valence-electron chi connectivity index (χ2n) is 6.31. The fourth-order valence-corrected chi connectivity index (χ4v) is 3.79. The number of carbonyl (C=O) groups excluding carboxylic acids is 2. The Morgan fingerprint density at radius 2 is 1.64 bits per heavy atom. The maximum atomic E-state index is 12.3. The van der Waals surface area contributed by atoms with Gasteiger partial charge in [0.25, 0.3) is 0 Å². The molecule has 0 aliphatic heterocycles. The summed E-state index contributed by atoms with van der Waals surface area (Å²) in [5.74, 6) is -0.392. The Bertz CT molecular complexity index is 926. The maximum Gasteiger partial charge on any atom is 0.240 e. The number of hydrogen-bond acceptors (Lipinski definition) is 4. The number of carbonyl (C=O) groups is 2. The predicted molar refractivity (Wildman–Crippen MR) is 109 cm³/mol. The highest BCUT2D eigenvalue weighted by molar-refractivity contribution is 7.89. The van der Waals surface area contributed by atoms with Crippen molar-refractivity contribution in [2.75, 3.05) is 6.54 Å². The fraction of sp³-hybridized carbons (Fsp3) is 0.300. The number of benzene rings is 2. The van der Waals surface area contributed by atoms with Crippen molar-refractivity contribution in [3.8, 4) is 0 Å². The van der Waals surface area contributed by atoms with E-state index in [4.69, 9.17) is 11.6 Å². The molecular weight excluding hydrogens is 400 g/mol. The summed E-state index contributed by atoms with van der Waals surface area (Å²) < 4.78 is 27.0. The van der Waals surface area contributed by atoms with Crippen molar-refractivity contribution >= 4 is 33.3 Å². The highest BCUT2D eigenvalue weighted by atomic mass is 35.5. The zero-order chi connectivity index (χ0) is 20.7. The summed E-state index contributed by atoms with van der Waals surface area (Å²) in [4.78, 5) is 23.5. The van der Waals surface area contributed by atoms with Gasteiger partial charge in [0.15, 0.2) is 5.78 Å². The molecule has 0 spiro atoms. The zero-order valence-electron chi connectivity index (χ0n) is 15.7. The molecule has 1 amide bonds. The van der Waals surface area contributed by atoms with E-state index < -0.39 is 10.0 Å². The predicted octanol–water partition coefficient (Wildman–Crippen LogP) is 3.48. The Hall–Kier alpha value is -2.22. The Kier molecular flexibility index (Phi) is 7.74. The zero-order valence-corrected chi connectivity index (χ0v) is 17.3. The molecule has 2 aromatic rings. The van der Waals surface area contributed by atoms with E-state index in [0.717, 1.165) is 5.56 Å². The van der Waals surface area contributed by atoms with Crippen molar-refractivity contribution in [2.24, 2.45) is 0 Å². The lowest BCUT2D eigenvalue weighted by molar-refractivity contribution is -0.121. The van der Waals surface area contributed by atoms with Crippen LogP contribution in [0.3, 0.4) is 0 Å². The van der Waals surface area contributed by atoms with Gasteiger partial charge in [0, 0.05) is 23.6 Å². The lowest BCUT2D eigenvalue weighted by Gasteiger charge is -2.17. The van der Waals surface area contributed by atoms with Gasteiger partial charge < -0.3 is 5.32 Å². The van der Waals surface area contributed by atoms with Crippen LogP contribution in [0.4, 0.5) is 0 Å². The van der Waals surface area contributed by atoms with Crippen LogP contribution >= 0.6 is 11.6 Å². The van der Waals surface area contributed by atoms with Crippen LogP contribution < -0.4 is 10.0 Å². The van der Waals surface area contributed by atoms with Crippen LogP contribution in [0.2, 0.25) is 5.02 Å². The van der Waals surface area contributed by atoms with Gasteiger partial charge in [0.05, 0.1) is 10.9 Å². The van der Waals surface area contributed by atoms with Crippen LogP contribution in [0, 0.1) is 0 Å². The first-order valence-electron chi connectivity index (χ1n) is 8.88. The summed E-state index contributed by atoms with van der Waals surface area (Å²) in [5, 5.41) is 3.52. The Labute approximate surface area is 170 Å². The molecule has 28 heavy (non-hydrogen) atoms. The molecule has 0 heterocycles. The largest absolute Gasteiger partial charge is 0.349 e. The van der Waals surface area contributed by atoms with Gasteiger partial charge in [-0.25, -0.2) is 13.1 Å². The number of nitrogens with one attached hydrogen (secondary N) is 2. The third kappa shape index (κ3) is 6.15. The van der Waals surface area contributed by atoms with Gasteiger partial charge in [-0.3, -0.25) is 9.59 Å². The van der Waals surface area contributed by atoms with Crippen LogP contribution in [0.15, 0.2) is 53.4 Å². The molecule has 2 aromatic carbocycles. The second kappa shape index (κ2) is 9.82. The van der Waals surface area contributed by atoms with Crippen molar-refractivity contribution in [3.05, 3.63) is 64.7 Å². The maximum absolute atomic E-state index is 12.3. The van der Waals surface area contributed by atoms with E-state index in [2.05, 4.69) is 10.0 Å². The number of sulfonamides is 1. The average molecular weight is 423 g/mol. The molecule has 2 N–H and O–H groups in total. The van der Waals surface area contributed by atoms with Crippen molar-refractivity contribution < 1.29 is 18.0 Å². The number of halogens is 1. The van der Waals surface area contributed by atoms with Crippen LogP contribution in [0.25, 0.3) is 0 Å². The number of amides is 1. The number of rotatable bonds is 9. The Morgan fingerprint density at radius 1 is 1.04 bits per heavy atom. The van der Waals surface area contributed by atoms with Crippen molar-refractivity contribution in [3.63, 3.8) is 0 Å². The number of ketones is 1. The lowest BCUT2D eigenvalue weighted by Crippen LogP contribution is -2.32. The van der Waals surface area contributed by atoms with Gasteiger partial charge in [-0.1, -0.05) is 42.8 Å². The first kappa shape index (κ1) is 22.1. The topological polar surface area (TPSA) is 92.3 Å². The number of Topliss-reactive ketones (excluding diaryl/α,β-unsaturated/α-hetero) is 1. The minimum Gasteiger partial charge on any atom is -0.349 e.